The first-order valence-corrected chi connectivity index (χ1v) is 10.9. The van der Waals surface area contributed by atoms with E-state index in [1.54, 1.807) is 41.3 Å². The summed E-state index contributed by atoms with van der Waals surface area (Å²) in [5.41, 5.74) is 8.63. The van der Waals surface area contributed by atoms with Gasteiger partial charge in [-0.2, -0.15) is 10.5 Å². The van der Waals surface area contributed by atoms with Gasteiger partial charge in [0.15, 0.2) is 0 Å². The molecule has 1 saturated heterocycles. The molecule has 0 saturated carbocycles. The number of benzene rings is 2. The summed E-state index contributed by atoms with van der Waals surface area (Å²) in [6.07, 6.45) is 1.14. The SMILES string of the molecule is N#Cc1cccc(N2Cc3cc(C[C@@H](C#N)NC(=O)C4(N)CCOCC4)ccc3C2=O)c1.O=CO. The van der Waals surface area contributed by atoms with Gasteiger partial charge in [-0.05, 0) is 48.2 Å². The van der Waals surface area contributed by atoms with Crippen molar-refractivity contribution in [2.75, 3.05) is 18.1 Å². The first-order chi connectivity index (χ1) is 16.8. The minimum atomic E-state index is -1.02. The van der Waals surface area contributed by atoms with Gasteiger partial charge >= 0.3 is 0 Å². The number of nitriles is 2. The highest BCUT2D eigenvalue weighted by Crippen LogP contribution is 2.29. The van der Waals surface area contributed by atoms with Crippen molar-refractivity contribution in [1.29, 1.82) is 10.5 Å². The number of rotatable bonds is 5. The largest absolute Gasteiger partial charge is 0.483 e. The highest BCUT2D eigenvalue weighted by Gasteiger charge is 2.37. The molecule has 4 rings (SSSR count). The molecule has 2 aromatic rings. The minimum absolute atomic E-state index is 0.128. The number of carboxylic acid groups (broad SMARTS) is 1. The topological polar surface area (TPSA) is 170 Å². The fourth-order valence-corrected chi connectivity index (χ4v) is 4.08. The van der Waals surface area contributed by atoms with E-state index in [0.29, 0.717) is 55.8 Å². The lowest BCUT2D eigenvalue weighted by molar-refractivity contribution is -0.130. The molecule has 0 aliphatic carbocycles. The molecule has 2 aliphatic heterocycles. The predicted octanol–water partition coefficient (Wildman–Crippen LogP) is 1.48. The molecule has 0 unspecified atom stereocenters. The van der Waals surface area contributed by atoms with Crippen molar-refractivity contribution in [3.63, 3.8) is 0 Å². The molecule has 0 aromatic heterocycles. The molecule has 2 aromatic carbocycles. The van der Waals surface area contributed by atoms with Gasteiger partial charge in [-0.15, -0.1) is 0 Å². The summed E-state index contributed by atoms with van der Waals surface area (Å²) in [6.45, 7) is 0.980. The second kappa shape index (κ2) is 11.3. The number of amides is 2. The molecule has 2 aliphatic rings. The number of hydrogen-bond donors (Lipinski definition) is 3. The smallest absolute Gasteiger partial charge is 0.290 e. The molecule has 10 heteroatoms. The Balaban J connectivity index is 0.00000108. The molecule has 35 heavy (non-hydrogen) atoms. The Bertz CT molecular complexity index is 1190. The third-order valence-electron chi connectivity index (χ3n) is 6.00. The Hall–Kier alpha value is -4.25. The van der Waals surface area contributed by atoms with E-state index >= 15 is 0 Å². The van der Waals surface area contributed by atoms with Crippen LogP contribution in [-0.2, 0) is 27.3 Å². The number of carbonyl (C=O) groups excluding carboxylic acids is 2. The van der Waals surface area contributed by atoms with Crippen LogP contribution in [0.15, 0.2) is 42.5 Å². The van der Waals surface area contributed by atoms with Crippen molar-refractivity contribution in [2.24, 2.45) is 5.73 Å². The number of nitrogens with two attached hydrogens (primary N) is 1. The molecule has 0 radical (unpaired) electrons. The molecule has 4 N–H and O–H groups in total. The standard InChI is InChI=1S/C24H23N5O3.CH2O2/c25-13-17-2-1-3-20(12-17)29-15-18-10-16(4-5-21(18)22(29)30)11-19(14-26)28-23(31)24(27)6-8-32-9-7-24;2-1-3/h1-5,10,12,19H,6-9,11,15,27H2,(H,28,31);1H,(H,2,3)/t19-;/m0./s1. The molecule has 180 valence electrons. The van der Waals surface area contributed by atoms with Gasteiger partial charge < -0.3 is 25.8 Å². The summed E-state index contributed by atoms with van der Waals surface area (Å²) in [4.78, 5) is 35.5. The lowest BCUT2D eigenvalue weighted by atomic mass is 9.90. The fraction of sp³-hybridized carbons (Fsp3) is 0.320. The molecular weight excluding hydrogens is 450 g/mol. The van der Waals surface area contributed by atoms with E-state index < -0.39 is 11.6 Å². The Morgan fingerprint density at radius 1 is 1.26 bits per heavy atom. The summed E-state index contributed by atoms with van der Waals surface area (Å²) in [7, 11) is 0. The first kappa shape index (κ1) is 25.4. The number of ether oxygens (including phenoxy) is 1. The van der Waals surface area contributed by atoms with E-state index in [9.17, 15) is 14.9 Å². The van der Waals surface area contributed by atoms with Gasteiger partial charge in [0.2, 0.25) is 5.91 Å². The number of nitrogens with zero attached hydrogens (tertiary/aromatic N) is 3. The van der Waals surface area contributed by atoms with Crippen molar-refractivity contribution < 1.29 is 24.2 Å². The van der Waals surface area contributed by atoms with Crippen molar-refractivity contribution in [3.05, 3.63) is 64.7 Å². The van der Waals surface area contributed by atoms with Crippen LogP contribution in [0.25, 0.3) is 0 Å². The van der Waals surface area contributed by atoms with Crippen molar-refractivity contribution in [3.8, 4) is 12.1 Å². The van der Waals surface area contributed by atoms with Crippen LogP contribution in [0.2, 0.25) is 0 Å². The normalized spacial score (nSPS) is 16.5. The average molecular weight is 476 g/mol. The van der Waals surface area contributed by atoms with Gasteiger partial charge in [-0.25, -0.2) is 0 Å². The number of hydrogen-bond acceptors (Lipinski definition) is 7. The van der Waals surface area contributed by atoms with Crippen LogP contribution < -0.4 is 16.0 Å². The van der Waals surface area contributed by atoms with Crippen LogP contribution in [-0.4, -0.2) is 48.2 Å². The average Bonchev–Trinajstić information content (AvgIpc) is 3.20. The number of fused-ring (bicyclic) bond motifs is 1. The van der Waals surface area contributed by atoms with E-state index in [2.05, 4.69) is 17.5 Å². The summed E-state index contributed by atoms with van der Waals surface area (Å²) in [5.74, 6) is -0.469. The summed E-state index contributed by atoms with van der Waals surface area (Å²) >= 11 is 0. The van der Waals surface area contributed by atoms with Gasteiger partial charge in [0, 0.05) is 30.9 Å². The number of anilines is 1. The zero-order valence-corrected chi connectivity index (χ0v) is 18.9. The van der Waals surface area contributed by atoms with Crippen LogP contribution in [0, 0.1) is 22.7 Å². The van der Waals surface area contributed by atoms with E-state index in [4.69, 9.17) is 25.6 Å². The van der Waals surface area contributed by atoms with Crippen molar-refractivity contribution in [1.82, 2.24) is 5.32 Å². The molecular formula is C25H25N5O5. The monoisotopic (exact) mass is 475 g/mol. The molecule has 2 amide bonds. The van der Waals surface area contributed by atoms with E-state index in [1.807, 2.05) is 6.07 Å². The van der Waals surface area contributed by atoms with Gasteiger partial charge in [0.25, 0.3) is 12.4 Å². The predicted molar refractivity (Wildman–Crippen MR) is 125 cm³/mol. The third kappa shape index (κ3) is 5.82. The lowest BCUT2D eigenvalue weighted by Crippen LogP contribution is -2.58. The second-order valence-electron chi connectivity index (χ2n) is 8.28. The van der Waals surface area contributed by atoms with Gasteiger partial charge in [-0.3, -0.25) is 14.4 Å². The summed E-state index contributed by atoms with van der Waals surface area (Å²) in [5, 5.41) is 28.4. The summed E-state index contributed by atoms with van der Waals surface area (Å²) < 4.78 is 5.27. The number of nitrogens with one attached hydrogen (secondary N) is 1. The Morgan fingerprint density at radius 2 is 1.97 bits per heavy atom. The van der Waals surface area contributed by atoms with Gasteiger partial charge in [-0.1, -0.05) is 18.2 Å². The van der Waals surface area contributed by atoms with Crippen molar-refractivity contribution in [2.45, 2.75) is 37.4 Å². The van der Waals surface area contributed by atoms with Crippen LogP contribution in [0.5, 0.6) is 0 Å². The third-order valence-corrected chi connectivity index (χ3v) is 6.00. The Morgan fingerprint density at radius 3 is 2.63 bits per heavy atom. The summed E-state index contributed by atoms with van der Waals surface area (Å²) in [6, 6.07) is 15.9. The van der Waals surface area contributed by atoms with Crippen LogP contribution in [0.4, 0.5) is 5.69 Å². The van der Waals surface area contributed by atoms with Crippen LogP contribution in [0.1, 0.15) is 39.9 Å². The highest BCUT2D eigenvalue weighted by molar-refractivity contribution is 6.10. The van der Waals surface area contributed by atoms with E-state index in [0.717, 1.165) is 11.1 Å². The molecule has 1 fully saturated rings. The maximum absolute atomic E-state index is 12.9. The molecule has 0 bridgehead atoms. The molecule has 0 spiro atoms. The Kier molecular flexibility index (Phi) is 8.16. The van der Waals surface area contributed by atoms with E-state index in [-0.39, 0.29) is 18.3 Å². The Labute approximate surface area is 202 Å². The minimum Gasteiger partial charge on any atom is -0.483 e. The molecule has 2 heterocycles. The molecule has 1 atom stereocenters. The second-order valence-corrected chi connectivity index (χ2v) is 8.28. The number of carbonyl (C=O) groups is 3. The zero-order valence-electron chi connectivity index (χ0n) is 18.9. The van der Waals surface area contributed by atoms with Gasteiger partial charge in [0.1, 0.15) is 6.04 Å². The van der Waals surface area contributed by atoms with E-state index in [1.165, 1.54) is 0 Å². The van der Waals surface area contributed by atoms with Gasteiger partial charge in [0.05, 0.1) is 29.8 Å². The van der Waals surface area contributed by atoms with Crippen molar-refractivity contribution >= 4 is 24.0 Å². The zero-order chi connectivity index (χ0) is 25.4. The van der Waals surface area contributed by atoms with Crippen LogP contribution >= 0.6 is 0 Å². The molecule has 10 nitrogen and oxygen atoms in total. The first-order valence-electron chi connectivity index (χ1n) is 10.9. The van der Waals surface area contributed by atoms with Crippen LogP contribution in [0.3, 0.4) is 0 Å². The quantitative estimate of drug-likeness (QED) is 0.546. The maximum Gasteiger partial charge on any atom is 0.290 e. The highest BCUT2D eigenvalue weighted by atomic mass is 16.5. The fourth-order valence-electron chi connectivity index (χ4n) is 4.08. The lowest BCUT2D eigenvalue weighted by Gasteiger charge is -2.32. The maximum atomic E-state index is 12.9.